The predicted octanol–water partition coefficient (Wildman–Crippen LogP) is 1.57. The monoisotopic (exact) mass is 225 g/mol. The fraction of sp³-hybridized carbons (Fsp3) is 0.400. The Kier molecular flexibility index (Phi) is 2.48. The SMILES string of the molecule is CC(=O)NC1CCc2sc(C(=O)O)cc21. The second-order valence-corrected chi connectivity index (χ2v) is 4.72. The molecule has 1 unspecified atom stereocenters. The Morgan fingerprint density at radius 3 is 2.93 bits per heavy atom. The van der Waals surface area contributed by atoms with Crippen LogP contribution in [-0.2, 0) is 11.2 Å². The van der Waals surface area contributed by atoms with Gasteiger partial charge in [0.15, 0.2) is 0 Å². The summed E-state index contributed by atoms with van der Waals surface area (Å²) in [5.74, 6) is -0.966. The van der Waals surface area contributed by atoms with E-state index in [1.165, 1.54) is 18.3 Å². The highest BCUT2D eigenvalue weighted by Gasteiger charge is 2.27. The number of nitrogens with one attached hydrogen (secondary N) is 1. The summed E-state index contributed by atoms with van der Waals surface area (Å²) >= 11 is 1.31. The van der Waals surface area contributed by atoms with Crippen LogP contribution in [0.25, 0.3) is 0 Å². The average molecular weight is 225 g/mol. The maximum atomic E-state index is 10.9. The van der Waals surface area contributed by atoms with Crippen LogP contribution >= 0.6 is 11.3 Å². The van der Waals surface area contributed by atoms with Crippen molar-refractivity contribution in [2.45, 2.75) is 25.8 Å². The van der Waals surface area contributed by atoms with Gasteiger partial charge in [-0.15, -0.1) is 11.3 Å². The number of aromatic carboxylic acids is 1. The Bertz CT molecular complexity index is 424. The number of hydrogen-bond donors (Lipinski definition) is 2. The van der Waals surface area contributed by atoms with Gasteiger partial charge >= 0.3 is 5.97 Å². The largest absolute Gasteiger partial charge is 0.477 e. The zero-order valence-electron chi connectivity index (χ0n) is 8.24. The van der Waals surface area contributed by atoms with Gasteiger partial charge in [-0.25, -0.2) is 4.79 Å². The van der Waals surface area contributed by atoms with E-state index in [0.717, 1.165) is 23.3 Å². The molecule has 0 saturated heterocycles. The van der Waals surface area contributed by atoms with Crippen molar-refractivity contribution in [1.82, 2.24) is 5.32 Å². The minimum Gasteiger partial charge on any atom is -0.477 e. The minimum atomic E-state index is -0.893. The van der Waals surface area contributed by atoms with E-state index < -0.39 is 5.97 Å². The molecular formula is C10H11NO3S. The highest BCUT2D eigenvalue weighted by molar-refractivity contribution is 7.14. The number of hydrogen-bond acceptors (Lipinski definition) is 3. The highest BCUT2D eigenvalue weighted by atomic mass is 32.1. The number of carbonyl (C=O) groups is 2. The first-order valence-electron chi connectivity index (χ1n) is 4.71. The van der Waals surface area contributed by atoms with Crippen molar-refractivity contribution >= 4 is 23.2 Å². The lowest BCUT2D eigenvalue weighted by molar-refractivity contribution is -0.119. The van der Waals surface area contributed by atoms with Gasteiger partial charge in [0, 0.05) is 11.8 Å². The molecule has 1 heterocycles. The summed E-state index contributed by atoms with van der Waals surface area (Å²) in [6, 6.07) is 1.68. The zero-order chi connectivity index (χ0) is 11.0. The standard InChI is InChI=1S/C10H11NO3S/c1-5(12)11-7-2-3-8-6(7)4-9(15-8)10(13)14/h4,7H,2-3H2,1H3,(H,11,12)(H,13,14). The summed E-state index contributed by atoms with van der Waals surface area (Å²) < 4.78 is 0. The second-order valence-electron chi connectivity index (χ2n) is 3.59. The van der Waals surface area contributed by atoms with Gasteiger partial charge in [0.25, 0.3) is 0 Å². The van der Waals surface area contributed by atoms with Crippen molar-refractivity contribution in [2.75, 3.05) is 0 Å². The number of carbonyl (C=O) groups excluding carboxylic acids is 1. The molecule has 0 bridgehead atoms. The number of fused-ring (bicyclic) bond motifs is 1. The quantitative estimate of drug-likeness (QED) is 0.802. The molecule has 2 rings (SSSR count). The Balaban J connectivity index is 2.25. The van der Waals surface area contributed by atoms with Gasteiger partial charge in [-0.2, -0.15) is 0 Å². The van der Waals surface area contributed by atoms with Crippen molar-refractivity contribution < 1.29 is 14.7 Å². The molecule has 4 nitrogen and oxygen atoms in total. The summed E-state index contributed by atoms with van der Waals surface area (Å²) in [7, 11) is 0. The van der Waals surface area contributed by atoms with Crippen molar-refractivity contribution in [2.24, 2.45) is 0 Å². The zero-order valence-corrected chi connectivity index (χ0v) is 9.06. The number of aryl methyl sites for hydroxylation is 1. The lowest BCUT2D eigenvalue weighted by Crippen LogP contribution is -2.23. The molecule has 80 valence electrons. The molecule has 1 aromatic rings. The third-order valence-electron chi connectivity index (χ3n) is 2.47. The Hall–Kier alpha value is -1.36. The molecule has 0 radical (unpaired) electrons. The van der Waals surface area contributed by atoms with Gasteiger partial charge in [0.05, 0.1) is 6.04 Å². The van der Waals surface area contributed by atoms with Gasteiger partial charge in [-0.1, -0.05) is 0 Å². The first-order valence-corrected chi connectivity index (χ1v) is 5.52. The first-order chi connectivity index (χ1) is 7.08. The third kappa shape index (κ3) is 1.87. The molecule has 0 saturated carbocycles. The Morgan fingerprint density at radius 1 is 1.60 bits per heavy atom. The number of carboxylic acids is 1. The first kappa shape index (κ1) is 10.2. The molecule has 0 fully saturated rings. The molecule has 0 aromatic carbocycles. The molecule has 2 N–H and O–H groups in total. The molecule has 5 heteroatoms. The van der Waals surface area contributed by atoms with Gasteiger partial charge in [-0.3, -0.25) is 4.79 Å². The topological polar surface area (TPSA) is 66.4 Å². The summed E-state index contributed by atoms with van der Waals surface area (Å²) in [5, 5.41) is 11.7. The van der Waals surface area contributed by atoms with Crippen LogP contribution in [0.15, 0.2) is 6.07 Å². The van der Waals surface area contributed by atoms with Crippen molar-refractivity contribution in [1.29, 1.82) is 0 Å². The van der Waals surface area contributed by atoms with Crippen molar-refractivity contribution in [3.63, 3.8) is 0 Å². The predicted molar refractivity (Wildman–Crippen MR) is 56.2 cm³/mol. The summed E-state index contributed by atoms with van der Waals surface area (Å²) in [4.78, 5) is 23.1. The fourth-order valence-corrected chi connectivity index (χ4v) is 2.94. The van der Waals surface area contributed by atoms with Crippen LogP contribution in [0.3, 0.4) is 0 Å². The van der Waals surface area contributed by atoms with Gasteiger partial charge < -0.3 is 10.4 Å². The highest BCUT2D eigenvalue weighted by Crippen LogP contribution is 2.37. The van der Waals surface area contributed by atoms with Crippen LogP contribution in [0.1, 0.15) is 39.5 Å². The lowest BCUT2D eigenvalue weighted by Gasteiger charge is -2.10. The van der Waals surface area contributed by atoms with Crippen LogP contribution in [0.5, 0.6) is 0 Å². The fourth-order valence-electron chi connectivity index (χ4n) is 1.86. The van der Waals surface area contributed by atoms with Gasteiger partial charge in [0.1, 0.15) is 4.88 Å². The molecule has 0 spiro atoms. The third-order valence-corrected chi connectivity index (χ3v) is 3.66. The summed E-state index contributed by atoms with van der Waals surface area (Å²) in [6.45, 7) is 1.47. The van der Waals surface area contributed by atoms with E-state index >= 15 is 0 Å². The van der Waals surface area contributed by atoms with E-state index in [-0.39, 0.29) is 11.9 Å². The van der Waals surface area contributed by atoms with E-state index in [0.29, 0.717) is 4.88 Å². The van der Waals surface area contributed by atoms with Crippen LogP contribution in [-0.4, -0.2) is 17.0 Å². The Labute approximate surface area is 90.9 Å². The van der Waals surface area contributed by atoms with E-state index in [1.807, 2.05) is 0 Å². The maximum absolute atomic E-state index is 10.9. The van der Waals surface area contributed by atoms with Crippen LogP contribution in [0.4, 0.5) is 0 Å². The number of thiophene rings is 1. The molecule has 1 aliphatic carbocycles. The minimum absolute atomic E-state index is 0.00171. The van der Waals surface area contributed by atoms with Gasteiger partial charge in [-0.05, 0) is 24.5 Å². The average Bonchev–Trinajstić information content (AvgIpc) is 2.66. The van der Waals surface area contributed by atoms with E-state index in [2.05, 4.69) is 5.32 Å². The molecule has 1 aromatic heterocycles. The molecule has 1 amide bonds. The smallest absolute Gasteiger partial charge is 0.345 e. The Morgan fingerprint density at radius 2 is 2.33 bits per heavy atom. The van der Waals surface area contributed by atoms with E-state index in [9.17, 15) is 9.59 Å². The van der Waals surface area contributed by atoms with Crippen molar-refractivity contribution in [3.8, 4) is 0 Å². The molecular weight excluding hydrogens is 214 g/mol. The normalized spacial score (nSPS) is 18.6. The van der Waals surface area contributed by atoms with Crippen LogP contribution in [0.2, 0.25) is 0 Å². The van der Waals surface area contributed by atoms with Crippen LogP contribution in [0, 0.1) is 0 Å². The molecule has 1 aliphatic rings. The molecule has 1 atom stereocenters. The number of rotatable bonds is 2. The van der Waals surface area contributed by atoms with Crippen molar-refractivity contribution in [3.05, 3.63) is 21.4 Å². The number of carboxylic acid groups (broad SMARTS) is 1. The molecule has 0 aliphatic heterocycles. The van der Waals surface area contributed by atoms with E-state index in [4.69, 9.17) is 5.11 Å². The summed E-state index contributed by atoms with van der Waals surface area (Å²) in [5.41, 5.74) is 0.979. The molecule has 15 heavy (non-hydrogen) atoms. The second kappa shape index (κ2) is 3.66. The number of amides is 1. The summed E-state index contributed by atoms with van der Waals surface area (Å²) in [6.07, 6.45) is 1.73. The van der Waals surface area contributed by atoms with E-state index in [1.54, 1.807) is 6.07 Å². The lowest BCUT2D eigenvalue weighted by atomic mass is 10.1. The van der Waals surface area contributed by atoms with Crippen LogP contribution < -0.4 is 5.32 Å². The maximum Gasteiger partial charge on any atom is 0.345 e. The van der Waals surface area contributed by atoms with Gasteiger partial charge in [0.2, 0.25) is 5.91 Å².